The Bertz CT molecular complexity index is 897. The number of benzene rings is 2. The molecular formula is C20H21N3O. The Labute approximate surface area is 141 Å². The molecule has 0 radical (unpaired) electrons. The van der Waals surface area contributed by atoms with Gasteiger partial charge >= 0.3 is 0 Å². The minimum atomic E-state index is 0.0444. The Kier molecular flexibility index (Phi) is 3.81. The van der Waals surface area contributed by atoms with Crippen LogP contribution < -0.4 is 5.32 Å². The van der Waals surface area contributed by atoms with Crippen LogP contribution in [0.25, 0.3) is 11.0 Å². The number of aryl methyl sites for hydroxylation is 2. The normalized spacial score (nSPS) is 16.8. The van der Waals surface area contributed by atoms with Crippen molar-refractivity contribution < 1.29 is 4.79 Å². The van der Waals surface area contributed by atoms with Crippen molar-refractivity contribution >= 4 is 16.9 Å². The van der Waals surface area contributed by atoms with E-state index >= 15 is 0 Å². The lowest BCUT2D eigenvalue weighted by Gasteiger charge is -2.26. The molecule has 24 heavy (non-hydrogen) atoms. The van der Waals surface area contributed by atoms with Gasteiger partial charge in [0, 0.05) is 0 Å². The molecule has 0 bridgehead atoms. The molecule has 1 atom stereocenters. The van der Waals surface area contributed by atoms with E-state index in [1.165, 1.54) is 11.1 Å². The number of carbonyl (C=O) groups is 1. The molecule has 1 N–H and O–H groups in total. The van der Waals surface area contributed by atoms with Crippen molar-refractivity contribution in [1.82, 2.24) is 14.9 Å². The van der Waals surface area contributed by atoms with Gasteiger partial charge in [-0.2, -0.15) is 0 Å². The predicted molar refractivity (Wildman–Crippen MR) is 94.7 cm³/mol. The van der Waals surface area contributed by atoms with Gasteiger partial charge in [-0.05, 0) is 49.4 Å². The van der Waals surface area contributed by atoms with Crippen molar-refractivity contribution in [3.8, 4) is 0 Å². The van der Waals surface area contributed by atoms with Gasteiger partial charge < -0.3 is 9.88 Å². The number of rotatable bonds is 3. The Morgan fingerprint density at radius 1 is 1.21 bits per heavy atom. The number of hydrogen-bond acceptors (Lipinski definition) is 2. The summed E-state index contributed by atoms with van der Waals surface area (Å²) in [6.07, 6.45) is 3.23. The summed E-state index contributed by atoms with van der Waals surface area (Å²) in [6, 6.07) is 16.5. The highest BCUT2D eigenvalue weighted by atomic mass is 16.2. The first-order valence-electron chi connectivity index (χ1n) is 8.51. The lowest BCUT2D eigenvalue weighted by atomic mass is 9.88. The summed E-state index contributed by atoms with van der Waals surface area (Å²) in [5.41, 5.74) is 4.57. The van der Waals surface area contributed by atoms with Gasteiger partial charge in [-0.25, -0.2) is 4.98 Å². The molecule has 0 aliphatic heterocycles. The van der Waals surface area contributed by atoms with Gasteiger partial charge in [0.1, 0.15) is 12.4 Å². The SMILES string of the molecule is Cc1nc2ccccc2n1CC(=O)N[C@@H]1CCCc2ccccc21. The molecule has 4 rings (SSSR count). The first-order chi connectivity index (χ1) is 11.7. The van der Waals surface area contributed by atoms with E-state index in [1.54, 1.807) is 0 Å². The summed E-state index contributed by atoms with van der Waals surface area (Å²) in [5.74, 6) is 0.915. The zero-order valence-corrected chi connectivity index (χ0v) is 13.8. The van der Waals surface area contributed by atoms with Gasteiger partial charge in [0.25, 0.3) is 0 Å². The lowest BCUT2D eigenvalue weighted by Crippen LogP contribution is -2.33. The van der Waals surface area contributed by atoms with Crippen molar-refractivity contribution in [3.05, 3.63) is 65.5 Å². The highest BCUT2D eigenvalue weighted by Gasteiger charge is 2.21. The second-order valence-electron chi connectivity index (χ2n) is 6.45. The van der Waals surface area contributed by atoms with Crippen molar-refractivity contribution in [1.29, 1.82) is 0 Å². The lowest BCUT2D eigenvalue weighted by molar-refractivity contribution is -0.122. The molecule has 2 aromatic carbocycles. The number of nitrogens with zero attached hydrogens (tertiary/aromatic N) is 2. The largest absolute Gasteiger partial charge is 0.348 e. The fourth-order valence-electron chi connectivity index (χ4n) is 3.68. The quantitative estimate of drug-likeness (QED) is 0.802. The Hall–Kier alpha value is -2.62. The highest BCUT2D eigenvalue weighted by molar-refractivity contribution is 5.81. The van der Waals surface area contributed by atoms with E-state index in [0.717, 1.165) is 36.1 Å². The van der Waals surface area contributed by atoms with Crippen LogP contribution in [0.5, 0.6) is 0 Å². The van der Waals surface area contributed by atoms with Crippen molar-refractivity contribution in [2.24, 2.45) is 0 Å². The molecule has 1 amide bonds. The maximum atomic E-state index is 12.6. The van der Waals surface area contributed by atoms with Crippen LogP contribution in [0.3, 0.4) is 0 Å². The third kappa shape index (κ3) is 2.68. The first kappa shape index (κ1) is 14.9. The molecular weight excluding hydrogens is 298 g/mol. The van der Waals surface area contributed by atoms with Gasteiger partial charge in [0.2, 0.25) is 5.91 Å². The van der Waals surface area contributed by atoms with E-state index in [2.05, 4.69) is 34.6 Å². The number of nitrogens with one attached hydrogen (secondary N) is 1. The molecule has 3 aromatic rings. The van der Waals surface area contributed by atoms with E-state index in [4.69, 9.17) is 0 Å². The number of para-hydroxylation sites is 2. The molecule has 0 fully saturated rings. The molecule has 4 nitrogen and oxygen atoms in total. The summed E-state index contributed by atoms with van der Waals surface area (Å²) in [6.45, 7) is 2.26. The fourth-order valence-corrected chi connectivity index (χ4v) is 3.68. The van der Waals surface area contributed by atoms with Crippen LogP contribution in [0.15, 0.2) is 48.5 Å². The van der Waals surface area contributed by atoms with Crippen LogP contribution in [-0.4, -0.2) is 15.5 Å². The summed E-state index contributed by atoms with van der Waals surface area (Å²) in [5, 5.41) is 3.22. The topological polar surface area (TPSA) is 46.9 Å². The van der Waals surface area contributed by atoms with Gasteiger partial charge in [-0.15, -0.1) is 0 Å². The molecule has 0 saturated carbocycles. The molecule has 122 valence electrons. The monoisotopic (exact) mass is 319 g/mol. The molecule has 0 unspecified atom stereocenters. The number of hydrogen-bond donors (Lipinski definition) is 1. The van der Waals surface area contributed by atoms with Gasteiger partial charge in [0.15, 0.2) is 0 Å². The van der Waals surface area contributed by atoms with Gasteiger partial charge in [-0.3, -0.25) is 4.79 Å². The number of imidazole rings is 1. The minimum absolute atomic E-state index is 0.0444. The van der Waals surface area contributed by atoms with Crippen molar-refractivity contribution in [3.63, 3.8) is 0 Å². The molecule has 1 heterocycles. The third-order valence-electron chi connectivity index (χ3n) is 4.85. The average Bonchev–Trinajstić information content (AvgIpc) is 2.91. The maximum absolute atomic E-state index is 12.6. The van der Waals surface area contributed by atoms with Crippen LogP contribution in [-0.2, 0) is 17.8 Å². The number of aromatic nitrogens is 2. The van der Waals surface area contributed by atoms with Crippen LogP contribution in [0.2, 0.25) is 0 Å². The van der Waals surface area contributed by atoms with Crippen LogP contribution in [0, 0.1) is 6.92 Å². The Morgan fingerprint density at radius 3 is 2.92 bits per heavy atom. The Morgan fingerprint density at radius 2 is 2.00 bits per heavy atom. The molecule has 0 spiro atoms. The van der Waals surface area contributed by atoms with E-state index in [1.807, 2.05) is 35.8 Å². The number of fused-ring (bicyclic) bond motifs is 2. The summed E-state index contributed by atoms with van der Waals surface area (Å²) < 4.78 is 1.99. The number of amides is 1. The van der Waals surface area contributed by atoms with E-state index in [-0.39, 0.29) is 11.9 Å². The van der Waals surface area contributed by atoms with E-state index < -0.39 is 0 Å². The zero-order valence-electron chi connectivity index (χ0n) is 13.8. The standard InChI is InChI=1S/C20H21N3O/c1-14-21-18-10-4-5-12-19(18)23(14)13-20(24)22-17-11-6-8-15-7-2-3-9-16(15)17/h2-5,7,9-10,12,17H,6,8,11,13H2,1H3,(H,22,24)/t17-/m1/s1. The molecule has 1 aromatic heterocycles. The van der Waals surface area contributed by atoms with Crippen LogP contribution >= 0.6 is 0 Å². The zero-order chi connectivity index (χ0) is 16.5. The second-order valence-corrected chi connectivity index (χ2v) is 6.45. The molecule has 0 saturated heterocycles. The van der Waals surface area contributed by atoms with Gasteiger partial charge in [-0.1, -0.05) is 36.4 Å². The fraction of sp³-hybridized carbons (Fsp3) is 0.300. The highest BCUT2D eigenvalue weighted by Crippen LogP contribution is 2.29. The molecule has 1 aliphatic rings. The molecule has 4 heteroatoms. The van der Waals surface area contributed by atoms with Crippen molar-refractivity contribution in [2.45, 2.75) is 38.8 Å². The summed E-state index contributed by atoms with van der Waals surface area (Å²) in [4.78, 5) is 17.2. The summed E-state index contributed by atoms with van der Waals surface area (Å²) >= 11 is 0. The Balaban J connectivity index is 1.54. The van der Waals surface area contributed by atoms with Gasteiger partial charge in [0.05, 0.1) is 17.1 Å². The number of carbonyl (C=O) groups excluding carboxylic acids is 1. The van der Waals surface area contributed by atoms with E-state index in [0.29, 0.717) is 6.54 Å². The smallest absolute Gasteiger partial charge is 0.240 e. The second kappa shape index (κ2) is 6.11. The maximum Gasteiger partial charge on any atom is 0.240 e. The third-order valence-corrected chi connectivity index (χ3v) is 4.85. The first-order valence-corrected chi connectivity index (χ1v) is 8.51. The minimum Gasteiger partial charge on any atom is -0.348 e. The average molecular weight is 319 g/mol. The summed E-state index contributed by atoms with van der Waals surface area (Å²) in [7, 11) is 0. The van der Waals surface area contributed by atoms with E-state index in [9.17, 15) is 4.79 Å². The van der Waals surface area contributed by atoms with Crippen LogP contribution in [0.1, 0.15) is 35.8 Å². The predicted octanol–water partition coefficient (Wildman–Crippen LogP) is 3.54. The molecule has 1 aliphatic carbocycles. The van der Waals surface area contributed by atoms with Crippen molar-refractivity contribution in [2.75, 3.05) is 0 Å². The van der Waals surface area contributed by atoms with Crippen LogP contribution in [0.4, 0.5) is 0 Å².